The lowest BCUT2D eigenvalue weighted by Crippen LogP contribution is -2.66. The van der Waals surface area contributed by atoms with Gasteiger partial charge in [0.15, 0.2) is 5.41 Å². The Balaban J connectivity index is 2.06. The maximum absolute atomic E-state index is 12.4. The number of rotatable bonds is 3. The minimum Gasteiger partial charge on any atom is -0.468 e. The van der Waals surface area contributed by atoms with E-state index in [0.29, 0.717) is 17.8 Å². The monoisotopic (exact) mass is 264 g/mol. The third-order valence-corrected chi connectivity index (χ3v) is 5.58. The summed E-state index contributed by atoms with van der Waals surface area (Å²) in [5.41, 5.74) is -1.06. The fourth-order valence-electron chi connectivity index (χ4n) is 5.07. The number of esters is 2. The molecule has 2 bridgehead atoms. The van der Waals surface area contributed by atoms with E-state index in [-0.39, 0.29) is 11.8 Å². The van der Waals surface area contributed by atoms with Crippen molar-refractivity contribution in [3.05, 3.63) is 12.2 Å². The summed E-state index contributed by atoms with van der Waals surface area (Å²) in [5.74, 6) is 0.614. The van der Waals surface area contributed by atoms with Crippen molar-refractivity contribution in [3.8, 4) is 0 Å². The molecule has 0 N–H and O–H groups in total. The highest BCUT2D eigenvalue weighted by Crippen LogP contribution is 2.71. The van der Waals surface area contributed by atoms with Crippen LogP contribution in [0.15, 0.2) is 12.2 Å². The number of ether oxygens (including phenoxy) is 2. The first-order valence-electron chi connectivity index (χ1n) is 6.98. The van der Waals surface area contributed by atoms with E-state index in [1.54, 1.807) is 0 Å². The Labute approximate surface area is 113 Å². The molecule has 4 nitrogen and oxygen atoms in total. The number of carbonyl (C=O) groups excluding carboxylic acids is 2. The van der Waals surface area contributed by atoms with Gasteiger partial charge >= 0.3 is 11.9 Å². The van der Waals surface area contributed by atoms with Gasteiger partial charge in [0.2, 0.25) is 0 Å². The predicted octanol–water partition coefficient (Wildman–Crippen LogP) is 1.80. The highest BCUT2D eigenvalue weighted by atomic mass is 16.5. The summed E-state index contributed by atoms with van der Waals surface area (Å²) >= 11 is 0. The Morgan fingerprint density at radius 3 is 2.26 bits per heavy atom. The zero-order valence-electron chi connectivity index (χ0n) is 11.6. The number of carbonyl (C=O) groups is 2. The van der Waals surface area contributed by atoms with Crippen LogP contribution in [-0.4, -0.2) is 26.2 Å². The zero-order valence-corrected chi connectivity index (χ0v) is 11.6. The molecule has 0 aromatic heterocycles. The van der Waals surface area contributed by atoms with Crippen molar-refractivity contribution in [1.82, 2.24) is 0 Å². The van der Waals surface area contributed by atoms with Crippen molar-refractivity contribution >= 4 is 11.9 Å². The first-order chi connectivity index (χ1) is 9.12. The van der Waals surface area contributed by atoms with Gasteiger partial charge in [0, 0.05) is 0 Å². The Hall–Kier alpha value is -1.32. The third-order valence-electron chi connectivity index (χ3n) is 5.58. The molecule has 0 heterocycles. The van der Waals surface area contributed by atoms with Gasteiger partial charge in [0.1, 0.15) is 0 Å². The first kappa shape index (κ1) is 12.7. The Morgan fingerprint density at radius 2 is 1.74 bits per heavy atom. The van der Waals surface area contributed by atoms with Crippen LogP contribution in [0.25, 0.3) is 0 Å². The smallest absolute Gasteiger partial charge is 0.323 e. The molecule has 3 rings (SSSR count). The fraction of sp³-hybridized carbons (Fsp3) is 0.733. The van der Waals surface area contributed by atoms with E-state index in [1.807, 2.05) is 6.92 Å². The highest BCUT2D eigenvalue weighted by molar-refractivity contribution is 6.02. The van der Waals surface area contributed by atoms with E-state index in [2.05, 4.69) is 12.2 Å². The van der Waals surface area contributed by atoms with E-state index >= 15 is 0 Å². The van der Waals surface area contributed by atoms with Gasteiger partial charge in [-0.25, -0.2) is 0 Å². The lowest BCUT2D eigenvalue weighted by Gasteiger charge is -2.58. The van der Waals surface area contributed by atoms with Gasteiger partial charge in [-0.1, -0.05) is 25.5 Å². The maximum atomic E-state index is 12.4. The molecule has 0 aromatic carbocycles. The lowest BCUT2D eigenvalue weighted by molar-refractivity contribution is -0.209. The molecule has 19 heavy (non-hydrogen) atoms. The second-order valence-corrected chi connectivity index (χ2v) is 5.92. The van der Waals surface area contributed by atoms with Crippen LogP contribution in [0, 0.1) is 35.0 Å². The summed E-state index contributed by atoms with van der Waals surface area (Å²) < 4.78 is 9.93. The number of hydrogen-bond donors (Lipinski definition) is 0. The normalized spacial score (nSPS) is 40.5. The number of allylic oxidation sites excluding steroid dienone is 2. The summed E-state index contributed by atoms with van der Waals surface area (Å²) in [6, 6.07) is 0. The van der Waals surface area contributed by atoms with Crippen LogP contribution in [0.3, 0.4) is 0 Å². The van der Waals surface area contributed by atoms with E-state index in [0.717, 1.165) is 12.8 Å². The van der Waals surface area contributed by atoms with Crippen LogP contribution in [0.4, 0.5) is 0 Å². The van der Waals surface area contributed by atoms with Gasteiger partial charge in [-0.3, -0.25) is 9.59 Å². The molecular formula is C15H20O4. The summed E-state index contributed by atoms with van der Waals surface area (Å²) in [6.45, 7) is 2.04. The second kappa shape index (κ2) is 4.09. The predicted molar refractivity (Wildman–Crippen MR) is 68.0 cm³/mol. The molecule has 0 amide bonds. The van der Waals surface area contributed by atoms with Crippen LogP contribution in [0.5, 0.6) is 0 Å². The van der Waals surface area contributed by atoms with Gasteiger partial charge in [0.25, 0.3) is 0 Å². The quantitative estimate of drug-likeness (QED) is 0.443. The molecule has 104 valence electrons. The van der Waals surface area contributed by atoms with Crippen molar-refractivity contribution in [1.29, 1.82) is 0 Å². The molecule has 0 saturated heterocycles. The fourth-order valence-corrected chi connectivity index (χ4v) is 5.07. The van der Waals surface area contributed by atoms with Gasteiger partial charge in [-0.2, -0.15) is 0 Å². The van der Waals surface area contributed by atoms with Gasteiger partial charge < -0.3 is 9.47 Å². The Morgan fingerprint density at radius 1 is 1.16 bits per heavy atom. The van der Waals surface area contributed by atoms with Crippen molar-refractivity contribution in [3.63, 3.8) is 0 Å². The van der Waals surface area contributed by atoms with E-state index < -0.39 is 17.4 Å². The standard InChI is InChI=1S/C15H20O4/c1-4-10-11-8-5-6-9(7-8)12(11)15(10,13(16)18-2)14(17)19-3/h5-6,8-12H,4,7H2,1-3H3/t8?,9?,10-,11?,12?/m1/s1. The molecule has 4 unspecified atom stereocenters. The van der Waals surface area contributed by atoms with Crippen LogP contribution < -0.4 is 0 Å². The zero-order chi connectivity index (χ0) is 13.8. The third kappa shape index (κ3) is 1.25. The molecular weight excluding hydrogens is 244 g/mol. The largest absolute Gasteiger partial charge is 0.468 e. The summed E-state index contributed by atoms with van der Waals surface area (Å²) in [7, 11) is 2.71. The molecule has 4 heteroatoms. The van der Waals surface area contributed by atoms with Crippen LogP contribution in [-0.2, 0) is 19.1 Å². The van der Waals surface area contributed by atoms with E-state index in [4.69, 9.17) is 9.47 Å². The van der Waals surface area contributed by atoms with Gasteiger partial charge in [-0.05, 0) is 36.0 Å². The summed E-state index contributed by atoms with van der Waals surface area (Å²) in [6.07, 6.45) is 6.30. The number of hydrogen-bond acceptors (Lipinski definition) is 4. The molecule has 5 atom stereocenters. The van der Waals surface area contributed by atoms with Crippen LogP contribution in [0.2, 0.25) is 0 Å². The molecule has 0 aromatic rings. The average molecular weight is 264 g/mol. The minimum absolute atomic E-state index is 0.0531. The average Bonchev–Trinajstić information content (AvgIpc) is 2.97. The van der Waals surface area contributed by atoms with E-state index in [1.165, 1.54) is 14.2 Å². The molecule has 3 aliphatic rings. The van der Waals surface area contributed by atoms with Crippen molar-refractivity contribution in [2.45, 2.75) is 19.8 Å². The maximum Gasteiger partial charge on any atom is 0.323 e. The van der Waals surface area contributed by atoms with E-state index in [9.17, 15) is 9.59 Å². The van der Waals surface area contributed by atoms with Gasteiger partial charge in [0.05, 0.1) is 14.2 Å². The van der Waals surface area contributed by atoms with Crippen LogP contribution >= 0.6 is 0 Å². The molecule has 0 radical (unpaired) electrons. The van der Waals surface area contributed by atoms with Crippen LogP contribution in [0.1, 0.15) is 19.8 Å². The first-order valence-corrected chi connectivity index (χ1v) is 6.98. The van der Waals surface area contributed by atoms with Crippen molar-refractivity contribution in [2.75, 3.05) is 14.2 Å². The molecule has 2 fully saturated rings. The SMILES string of the molecule is CC[C@@H]1C2C3C=CC(C3)C2C1(C(=O)OC)C(=O)OC. The number of fused-ring (bicyclic) bond motifs is 5. The number of methoxy groups -OCH3 is 2. The van der Waals surface area contributed by atoms with Crippen molar-refractivity contribution < 1.29 is 19.1 Å². The highest BCUT2D eigenvalue weighted by Gasteiger charge is 2.76. The topological polar surface area (TPSA) is 52.6 Å². The molecule has 0 aliphatic heterocycles. The van der Waals surface area contributed by atoms with Crippen molar-refractivity contribution in [2.24, 2.45) is 35.0 Å². The molecule has 2 saturated carbocycles. The summed E-state index contributed by atoms with van der Waals surface area (Å²) in [4.78, 5) is 24.7. The Kier molecular flexibility index (Phi) is 2.73. The molecule has 3 aliphatic carbocycles. The molecule has 0 spiro atoms. The lowest BCUT2D eigenvalue weighted by atomic mass is 9.43. The summed E-state index contributed by atoms with van der Waals surface area (Å²) in [5, 5.41) is 0. The second-order valence-electron chi connectivity index (χ2n) is 5.92. The van der Waals surface area contributed by atoms with Gasteiger partial charge in [-0.15, -0.1) is 0 Å². The minimum atomic E-state index is -1.06. The Bertz CT molecular complexity index is 437.